The second kappa shape index (κ2) is 5.36. The average Bonchev–Trinajstić information content (AvgIpc) is 2.96. The molecule has 1 aromatic rings. The Bertz CT molecular complexity index is 380. The minimum absolute atomic E-state index is 0.0376. The topological polar surface area (TPSA) is 42.7 Å². The second-order valence-electron chi connectivity index (χ2n) is 4.37. The molecule has 17 heavy (non-hydrogen) atoms. The number of ketones is 1. The van der Waals surface area contributed by atoms with Gasteiger partial charge in [-0.1, -0.05) is 0 Å². The van der Waals surface area contributed by atoms with E-state index in [2.05, 4.69) is 11.8 Å². The van der Waals surface area contributed by atoms with E-state index in [0.29, 0.717) is 11.9 Å². The van der Waals surface area contributed by atoms with Crippen molar-refractivity contribution in [2.24, 2.45) is 0 Å². The maximum atomic E-state index is 11.2. The van der Waals surface area contributed by atoms with Crippen LogP contribution in [0, 0.1) is 0 Å². The summed E-state index contributed by atoms with van der Waals surface area (Å²) in [6, 6.07) is 3.59. The van der Waals surface area contributed by atoms with Crippen LogP contribution in [0.25, 0.3) is 0 Å². The van der Waals surface area contributed by atoms with Gasteiger partial charge in [-0.15, -0.1) is 0 Å². The molecule has 0 aliphatic carbocycles. The molecule has 0 amide bonds. The van der Waals surface area contributed by atoms with Gasteiger partial charge in [-0.3, -0.25) is 4.79 Å². The van der Waals surface area contributed by atoms with Crippen molar-refractivity contribution in [3.8, 4) is 0 Å². The van der Waals surface area contributed by atoms with E-state index >= 15 is 0 Å². The Labute approximate surface area is 102 Å². The Hall–Kier alpha value is -1.29. The van der Waals surface area contributed by atoms with Gasteiger partial charge in [0, 0.05) is 32.7 Å². The Balaban J connectivity index is 2.02. The highest BCUT2D eigenvalue weighted by atomic mass is 16.5. The molecule has 1 saturated heterocycles. The van der Waals surface area contributed by atoms with E-state index in [0.717, 1.165) is 38.4 Å². The molecule has 1 aromatic heterocycles. The van der Waals surface area contributed by atoms with Crippen molar-refractivity contribution in [3.05, 3.63) is 17.9 Å². The summed E-state index contributed by atoms with van der Waals surface area (Å²) in [4.78, 5) is 13.3. The summed E-state index contributed by atoms with van der Waals surface area (Å²) in [6.07, 6.45) is 2.54. The molecule has 1 atom stereocenters. The second-order valence-corrected chi connectivity index (χ2v) is 4.37. The monoisotopic (exact) mass is 237 g/mol. The summed E-state index contributed by atoms with van der Waals surface area (Å²) in [5.41, 5.74) is 0. The van der Waals surface area contributed by atoms with Crippen LogP contribution in [0.5, 0.6) is 0 Å². The van der Waals surface area contributed by atoms with E-state index in [1.807, 2.05) is 6.07 Å². The van der Waals surface area contributed by atoms with Gasteiger partial charge in [-0.05, 0) is 25.8 Å². The van der Waals surface area contributed by atoms with Crippen LogP contribution in [0.2, 0.25) is 0 Å². The number of anilines is 1. The van der Waals surface area contributed by atoms with Crippen molar-refractivity contribution >= 4 is 11.7 Å². The lowest BCUT2D eigenvalue weighted by molar-refractivity contribution is 0.0987. The largest absolute Gasteiger partial charge is 0.437 e. The van der Waals surface area contributed by atoms with Crippen molar-refractivity contribution < 1.29 is 13.9 Å². The number of hydrogen-bond acceptors (Lipinski definition) is 4. The van der Waals surface area contributed by atoms with Gasteiger partial charge in [-0.2, -0.15) is 0 Å². The maximum absolute atomic E-state index is 11.2. The highest BCUT2D eigenvalue weighted by molar-refractivity contribution is 5.91. The molecule has 4 nitrogen and oxygen atoms in total. The van der Waals surface area contributed by atoms with Gasteiger partial charge in [0.1, 0.15) is 0 Å². The zero-order valence-corrected chi connectivity index (χ0v) is 10.4. The molecule has 0 saturated carbocycles. The van der Waals surface area contributed by atoms with Gasteiger partial charge in [0.2, 0.25) is 0 Å². The molecular weight excluding hydrogens is 218 g/mol. The Morgan fingerprint density at radius 3 is 2.88 bits per heavy atom. The van der Waals surface area contributed by atoms with Crippen LogP contribution in [-0.2, 0) is 4.74 Å². The molecule has 1 unspecified atom stereocenters. The third kappa shape index (κ3) is 2.88. The van der Waals surface area contributed by atoms with E-state index in [1.54, 1.807) is 6.07 Å². The van der Waals surface area contributed by atoms with Crippen molar-refractivity contribution in [2.75, 3.05) is 24.6 Å². The fraction of sp³-hybridized carbons (Fsp3) is 0.615. The molecule has 4 heteroatoms. The van der Waals surface area contributed by atoms with Crippen molar-refractivity contribution in [2.45, 2.75) is 32.8 Å². The molecule has 1 fully saturated rings. The summed E-state index contributed by atoms with van der Waals surface area (Å²) < 4.78 is 11.1. The zero-order valence-electron chi connectivity index (χ0n) is 10.4. The van der Waals surface area contributed by atoms with E-state index in [4.69, 9.17) is 9.15 Å². The lowest BCUT2D eigenvalue weighted by Gasteiger charge is -2.23. The smallest absolute Gasteiger partial charge is 0.196 e. The van der Waals surface area contributed by atoms with Gasteiger partial charge in [0.15, 0.2) is 17.4 Å². The molecule has 0 spiro atoms. The first-order valence-electron chi connectivity index (χ1n) is 6.18. The van der Waals surface area contributed by atoms with E-state index in [-0.39, 0.29) is 5.78 Å². The van der Waals surface area contributed by atoms with Crippen LogP contribution in [-0.4, -0.2) is 31.6 Å². The van der Waals surface area contributed by atoms with Crippen molar-refractivity contribution in [1.29, 1.82) is 0 Å². The normalized spacial score (nSPS) is 19.5. The first-order valence-corrected chi connectivity index (χ1v) is 6.18. The van der Waals surface area contributed by atoms with Gasteiger partial charge in [0.05, 0.1) is 6.10 Å². The van der Waals surface area contributed by atoms with Gasteiger partial charge < -0.3 is 14.1 Å². The van der Waals surface area contributed by atoms with Crippen LogP contribution in [0.1, 0.15) is 37.2 Å². The number of hydrogen-bond donors (Lipinski definition) is 0. The van der Waals surface area contributed by atoms with E-state index in [1.165, 1.54) is 6.92 Å². The summed E-state index contributed by atoms with van der Waals surface area (Å²) >= 11 is 0. The Morgan fingerprint density at radius 1 is 1.53 bits per heavy atom. The van der Waals surface area contributed by atoms with E-state index < -0.39 is 0 Å². The molecule has 0 aromatic carbocycles. The molecule has 0 radical (unpaired) electrons. The SMILES string of the molecule is CCN(CC1CCCO1)c1ccc(C(C)=O)o1. The summed E-state index contributed by atoms with van der Waals surface area (Å²) in [7, 11) is 0. The quantitative estimate of drug-likeness (QED) is 0.738. The van der Waals surface area contributed by atoms with Crippen molar-refractivity contribution in [3.63, 3.8) is 0 Å². The number of carbonyl (C=O) groups is 1. The molecule has 94 valence electrons. The molecule has 2 rings (SSSR count). The third-order valence-corrected chi connectivity index (χ3v) is 3.08. The predicted octanol–water partition coefficient (Wildman–Crippen LogP) is 2.49. The van der Waals surface area contributed by atoms with Gasteiger partial charge >= 0.3 is 0 Å². The average molecular weight is 237 g/mol. The molecular formula is C13H19NO3. The third-order valence-electron chi connectivity index (χ3n) is 3.08. The number of likely N-dealkylation sites (N-methyl/N-ethyl adjacent to an activating group) is 1. The van der Waals surface area contributed by atoms with Gasteiger partial charge in [-0.25, -0.2) is 0 Å². The lowest BCUT2D eigenvalue weighted by atomic mass is 10.2. The maximum Gasteiger partial charge on any atom is 0.196 e. The number of Topliss-reactive ketones (excluding diaryl/α,β-unsaturated/α-hetero) is 1. The molecule has 2 heterocycles. The highest BCUT2D eigenvalue weighted by Gasteiger charge is 2.20. The fourth-order valence-corrected chi connectivity index (χ4v) is 2.10. The first kappa shape index (κ1) is 12.2. The highest BCUT2D eigenvalue weighted by Crippen LogP contribution is 2.21. The lowest BCUT2D eigenvalue weighted by Crippen LogP contribution is -2.31. The molecule has 0 N–H and O–H groups in total. The molecule has 0 bridgehead atoms. The fourth-order valence-electron chi connectivity index (χ4n) is 2.10. The number of furan rings is 1. The zero-order chi connectivity index (χ0) is 12.3. The predicted molar refractivity (Wildman–Crippen MR) is 65.6 cm³/mol. The van der Waals surface area contributed by atoms with Crippen LogP contribution in [0.15, 0.2) is 16.5 Å². The minimum atomic E-state index is -0.0376. The number of ether oxygens (including phenoxy) is 1. The van der Waals surface area contributed by atoms with Crippen LogP contribution in [0.3, 0.4) is 0 Å². The number of carbonyl (C=O) groups excluding carboxylic acids is 1. The first-order chi connectivity index (χ1) is 8.20. The Morgan fingerprint density at radius 2 is 2.35 bits per heavy atom. The van der Waals surface area contributed by atoms with E-state index in [9.17, 15) is 4.79 Å². The summed E-state index contributed by atoms with van der Waals surface area (Å²) in [6.45, 7) is 6.13. The van der Waals surface area contributed by atoms with Crippen molar-refractivity contribution in [1.82, 2.24) is 0 Å². The van der Waals surface area contributed by atoms with Crippen LogP contribution in [0.4, 0.5) is 5.88 Å². The summed E-state index contributed by atoms with van der Waals surface area (Å²) in [5.74, 6) is 1.14. The Kier molecular flexibility index (Phi) is 3.84. The minimum Gasteiger partial charge on any atom is -0.437 e. The summed E-state index contributed by atoms with van der Waals surface area (Å²) in [5, 5.41) is 0. The van der Waals surface area contributed by atoms with Crippen LogP contribution < -0.4 is 4.90 Å². The van der Waals surface area contributed by atoms with Gasteiger partial charge in [0.25, 0.3) is 0 Å². The number of rotatable bonds is 5. The molecule has 1 aliphatic heterocycles. The number of nitrogens with zero attached hydrogens (tertiary/aromatic N) is 1. The standard InChI is InChI=1S/C13H19NO3/c1-3-14(9-11-5-4-8-16-11)13-7-6-12(17-13)10(2)15/h6-7,11H,3-5,8-9H2,1-2H3. The molecule has 1 aliphatic rings. The van der Waals surface area contributed by atoms with Crippen LogP contribution >= 0.6 is 0 Å².